The zero-order chi connectivity index (χ0) is 45.7. The lowest BCUT2D eigenvalue weighted by atomic mass is 9.67. The molecule has 0 spiro atoms. The minimum Gasteiger partial charge on any atom is -0.310 e. The van der Waals surface area contributed by atoms with Crippen LogP contribution in [0.4, 0.5) is 25.8 Å². The number of anilines is 3. The molecule has 0 radical (unpaired) electrons. The van der Waals surface area contributed by atoms with Gasteiger partial charge in [0.05, 0.1) is 16.4 Å². The number of hydrogen-bond donors (Lipinski definition) is 0. The summed E-state index contributed by atoms with van der Waals surface area (Å²) >= 11 is 0. The van der Waals surface area contributed by atoms with E-state index >= 15 is 0 Å². The van der Waals surface area contributed by atoms with Crippen LogP contribution in [0.25, 0.3) is 60.9 Å². The minimum absolute atomic E-state index is 0.306. The molecule has 2 nitrogen and oxygen atoms in total. The van der Waals surface area contributed by atoms with Crippen LogP contribution >= 0.6 is 0 Å². The van der Waals surface area contributed by atoms with Crippen LogP contribution in [-0.4, -0.2) is 4.57 Å². The zero-order valence-electron chi connectivity index (χ0n) is 37.6. The van der Waals surface area contributed by atoms with Crippen LogP contribution in [0.2, 0.25) is 0 Å². The van der Waals surface area contributed by atoms with Crippen molar-refractivity contribution in [1.82, 2.24) is 4.57 Å². The summed E-state index contributed by atoms with van der Waals surface area (Å²) in [5.74, 6) is -0.613. The summed E-state index contributed by atoms with van der Waals surface area (Å²) < 4.78 is 30.7. The topological polar surface area (TPSA) is 8.17 Å². The van der Waals surface area contributed by atoms with Crippen LogP contribution in [-0.2, 0) is 10.8 Å². The number of aromatic nitrogens is 1. The molecule has 0 saturated heterocycles. The number of halogens is 2. The number of fused-ring (bicyclic) bond motifs is 9. The third-order valence-electron chi connectivity index (χ3n) is 14.8. The van der Waals surface area contributed by atoms with Gasteiger partial charge in [-0.1, -0.05) is 147 Å². The van der Waals surface area contributed by atoms with Gasteiger partial charge >= 0.3 is 0 Å². The maximum Gasteiger partial charge on any atom is 0.123 e. The van der Waals surface area contributed by atoms with E-state index in [9.17, 15) is 8.78 Å². The number of hydrogen-bond acceptors (Lipinski definition) is 1. The largest absolute Gasteiger partial charge is 0.310 e. The molecular formula is C64H44F2N2. The fraction of sp³-hybridized carbons (Fsp3) is 0.0625. The van der Waals surface area contributed by atoms with E-state index in [-0.39, 0.29) is 17.0 Å². The highest BCUT2D eigenvalue weighted by Gasteiger charge is 2.46. The van der Waals surface area contributed by atoms with Gasteiger partial charge in [0.2, 0.25) is 0 Å². The van der Waals surface area contributed by atoms with Crippen molar-refractivity contribution in [1.29, 1.82) is 0 Å². The molecule has 0 atom stereocenters. The van der Waals surface area contributed by atoms with Crippen molar-refractivity contribution in [3.8, 4) is 39.1 Å². The first-order valence-electron chi connectivity index (χ1n) is 23.3. The molecule has 0 fully saturated rings. The predicted molar refractivity (Wildman–Crippen MR) is 276 cm³/mol. The Morgan fingerprint density at radius 2 is 0.868 bits per heavy atom. The van der Waals surface area contributed by atoms with Gasteiger partial charge in [0, 0.05) is 38.9 Å². The molecule has 11 aromatic rings. The summed E-state index contributed by atoms with van der Waals surface area (Å²) in [4.78, 5) is 2.06. The monoisotopic (exact) mass is 878 g/mol. The van der Waals surface area contributed by atoms with Crippen LogP contribution in [0.5, 0.6) is 0 Å². The molecule has 10 aromatic carbocycles. The Hall–Kier alpha value is -8.34. The Morgan fingerprint density at radius 3 is 1.56 bits per heavy atom. The summed E-state index contributed by atoms with van der Waals surface area (Å²) in [5, 5.41) is 2.41. The Balaban J connectivity index is 0.919. The summed E-state index contributed by atoms with van der Waals surface area (Å²) in [7, 11) is 0. The van der Waals surface area contributed by atoms with Gasteiger partial charge in [-0.05, 0) is 164 Å². The van der Waals surface area contributed by atoms with Crippen molar-refractivity contribution < 1.29 is 8.78 Å². The molecule has 0 aliphatic heterocycles. The molecule has 0 unspecified atom stereocenters. The van der Waals surface area contributed by atoms with Gasteiger partial charge in [-0.3, -0.25) is 0 Å². The predicted octanol–water partition coefficient (Wildman–Crippen LogP) is 16.9. The van der Waals surface area contributed by atoms with Crippen LogP contribution in [0, 0.1) is 11.6 Å². The second kappa shape index (κ2) is 15.1. The third kappa shape index (κ3) is 5.86. The van der Waals surface area contributed by atoms with E-state index in [0.717, 1.165) is 44.9 Å². The second-order valence-corrected chi connectivity index (χ2v) is 18.7. The SMILES string of the molecule is CC1(C)c2cc(-c3ccc4c(c3)c3ccccc3n4-c3ccc4c(c3)C(c3ccccc3)(c3ccccc3)c3ccccc3-4)ccc2-c2ccc(N(c3ccc(F)cc3)c3ccc(F)cc3)cc21. The van der Waals surface area contributed by atoms with Gasteiger partial charge in [-0.2, -0.15) is 0 Å². The molecule has 0 N–H and O–H groups in total. The molecule has 324 valence electrons. The Morgan fingerprint density at radius 1 is 0.368 bits per heavy atom. The fourth-order valence-electron chi connectivity index (χ4n) is 11.7. The highest BCUT2D eigenvalue weighted by Crippen LogP contribution is 2.57. The van der Waals surface area contributed by atoms with Crippen LogP contribution in [0.3, 0.4) is 0 Å². The van der Waals surface area contributed by atoms with Crippen molar-refractivity contribution in [3.05, 3.63) is 276 Å². The molecule has 0 saturated carbocycles. The maximum absolute atomic E-state index is 14.1. The van der Waals surface area contributed by atoms with Crippen LogP contribution < -0.4 is 4.90 Å². The molecular weight excluding hydrogens is 835 g/mol. The van der Waals surface area contributed by atoms with Gasteiger partial charge in [-0.25, -0.2) is 8.78 Å². The van der Waals surface area contributed by atoms with Gasteiger partial charge < -0.3 is 9.47 Å². The average Bonchev–Trinajstić information content (AvgIpc) is 3.96. The summed E-state index contributed by atoms with van der Waals surface area (Å²) in [5.41, 5.74) is 19.9. The summed E-state index contributed by atoms with van der Waals surface area (Å²) in [6.07, 6.45) is 0. The summed E-state index contributed by atoms with van der Waals surface area (Å²) in [6, 6.07) is 80.1. The van der Waals surface area contributed by atoms with E-state index < -0.39 is 5.41 Å². The van der Waals surface area contributed by atoms with Gasteiger partial charge in [-0.15, -0.1) is 0 Å². The van der Waals surface area contributed by atoms with E-state index in [1.807, 2.05) is 0 Å². The quantitative estimate of drug-likeness (QED) is 0.155. The van der Waals surface area contributed by atoms with E-state index in [0.29, 0.717) is 0 Å². The fourth-order valence-corrected chi connectivity index (χ4v) is 11.7. The number of para-hydroxylation sites is 1. The highest BCUT2D eigenvalue weighted by atomic mass is 19.1. The van der Waals surface area contributed by atoms with Crippen molar-refractivity contribution in [3.63, 3.8) is 0 Å². The van der Waals surface area contributed by atoms with Gasteiger partial charge in [0.1, 0.15) is 11.6 Å². The lowest BCUT2D eigenvalue weighted by Gasteiger charge is -2.34. The molecule has 68 heavy (non-hydrogen) atoms. The van der Waals surface area contributed by atoms with Crippen molar-refractivity contribution >= 4 is 38.9 Å². The molecule has 1 aromatic heterocycles. The normalized spacial score (nSPS) is 13.8. The average molecular weight is 879 g/mol. The van der Waals surface area contributed by atoms with E-state index in [1.54, 1.807) is 24.3 Å². The summed E-state index contributed by atoms with van der Waals surface area (Å²) in [6.45, 7) is 4.59. The number of nitrogens with zero attached hydrogens (tertiary/aromatic N) is 2. The maximum atomic E-state index is 14.1. The first-order valence-corrected chi connectivity index (χ1v) is 23.3. The lowest BCUT2D eigenvalue weighted by molar-refractivity contribution is 0.628. The zero-order valence-corrected chi connectivity index (χ0v) is 37.6. The van der Waals surface area contributed by atoms with Crippen LogP contribution in [0.1, 0.15) is 47.2 Å². The first-order chi connectivity index (χ1) is 33.3. The van der Waals surface area contributed by atoms with Crippen molar-refractivity contribution in [2.24, 2.45) is 0 Å². The minimum atomic E-state index is -0.496. The standard InChI is InChI=1S/C64H44F2N2/c1-63(2)58-38-42(21-33-52(58)53-34-31-49(39-59(53)63)67(47-27-23-45(65)24-28-47)48-29-25-46(66)26-30-48)41-22-36-62-56(37-41)55-18-10-12-20-61(55)68(62)50-32-35-54-51-17-9-11-19-57(51)64(60(54)40-50,43-13-5-3-6-14-43)44-15-7-4-8-16-44/h3-40H,1-2H3. The van der Waals surface area contributed by atoms with Crippen molar-refractivity contribution in [2.45, 2.75) is 24.7 Å². The van der Waals surface area contributed by atoms with Gasteiger partial charge in [0.25, 0.3) is 0 Å². The Bertz CT molecular complexity index is 3690. The molecule has 4 heteroatoms. The van der Waals surface area contributed by atoms with E-state index in [4.69, 9.17) is 0 Å². The molecule has 1 heterocycles. The number of rotatable bonds is 7. The lowest BCUT2D eigenvalue weighted by Crippen LogP contribution is -2.28. The second-order valence-electron chi connectivity index (χ2n) is 18.7. The molecule has 0 bridgehead atoms. The Kier molecular flexibility index (Phi) is 8.88. The smallest absolute Gasteiger partial charge is 0.123 e. The van der Waals surface area contributed by atoms with E-state index in [2.05, 4.69) is 205 Å². The first kappa shape index (κ1) is 40.0. The highest BCUT2D eigenvalue weighted by molar-refractivity contribution is 6.10. The van der Waals surface area contributed by atoms with Crippen molar-refractivity contribution in [2.75, 3.05) is 4.90 Å². The molecule has 2 aliphatic carbocycles. The molecule has 2 aliphatic rings. The Labute approximate surface area is 394 Å². The van der Waals surface area contributed by atoms with E-state index in [1.165, 1.54) is 90.7 Å². The molecule has 13 rings (SSSR count). The van der Waals surface area contributed by atoms with Crippen LogP contribution in [0.15, 0.2) is 231 Å². The number of benzene rings is 10. The molecule has 0 amide bonds. The third-order valence-corrected chi connectivity index (χ3v) is 14.8. The van der Waals surface area contributed by atoms with Gasteiger partial charge in [0.15, 0.2) is 0 Å².